The molecule has 0 aliphatic heterocycles. The highest BCUT2D eigenvalue weighted by Gasteiger charge is 2.23. The maximum Gasteiger partial charge on any atom is 0.247 e. The molecule has 4 aromatic heterocycles. The van der Waals surface area contributed by atoms with E-state index in [2.05, 4.69) is 161 Å². The Labute approximate surface area is 325 Å². The summed E-state index contributed by atoms with van der Waals surface area (Å²) in [6, 6.07) is 63.3. The largest absolute Gasteiger partial charge is 0.436 e. The molecule has 12 aromatic rings. The highest BCUT2D eigenvalue weighted by Crippen LogP contribution is 2.41. The fourth-order valence-electron chi connectivity index (χ4n) is 8.72. The summed E-state index contributed by atoms with van der Waals surface area (Å²) in [6.07, 6.45) is 0. The number of aromatic nitrogens is 4. The minimum absolute atomic E-state index is 0.460. The summed E-state index contributed by atoms with van der Waals surface area (Å²) < 4.78 is 11.2. The molecule has 8 aromatic carbocycles. The molecule has 0 saturated carbocycles. The summed E-state index contributed by atoms with van der Waals surface area (Å²) in [7, 11) is 0. The van der Waals surface area contributed by atoms with Crippen LogP contribution in [0.25, 0.3) is 110 Å². The molecular weight excluding hydrogens is 699 g/mol. The lowest BCUT2D eigenvalue weighted by atomic mass is 10.0. The maximum atomic E-state index is 9.56. The van der Waals surface area contributed by atoms with Gasteiger partial charge in [0.05, 0.1) is 33.7 Å². The van der Waals surface area contributed by atoms with Crippen molar-refractivity contribution >= 4 is 76.6 Å². The van der Waals surface area contributed by atoms with E-state index in [9.17, 15) is 5.26 Å². The average molecular weight is 728 g/mol. The first kappa shape index (κ1) is 31.4. The van der Waals surface area contributed by atoms with Crippen LogP contribution in [-0.4, -0.2) is 19.1 Å². The summed E-state index contributed by atoms with van der Waals surface area (Å²) in [6.45, 7) is 0. The minimum atomic E-state index is 0.460. The highest BCUT2D eigenvalue weighted by atomic mass is 16.3. The summed E-state index contributed by atoms with van der Waals surface area (Å²) >= 11 is 0. The summed E-state index contributed by atoms with van der Waals surface area (Å²) in [5.74, 6) is 0.721. The first-order valence-electron chi connectivity index (χ1n) is 19.0. The number of fused-ring (bicyclic) bond motifs is 10. The Bertz CT molecular complexity index is 3660. The highest BCUT2D eigenvalue weighted by molar-refractivity contribution is 6.15. The Balaban J connectivity index is 1.18. The molecule has 0 bridgehead atoms. The van der Waals surface area contributed by atoms with Crippen molar-refractivity contribution < 1.29 is 4.42 Å². The quantitative estimate of drug-likeness (QED) is 0.181. The molecule has 6 nitrogen and oxygen atoms in total. The lowest BCUT2D eigenvalue weighted by Crippen LogP contribution is -2.03. The zero-order valence-electron chi connectivity index (χ0n) is 30.4. The van der Waals surface area contributed by atoms with E-state index in [-0.39, 0.29) is 0 Å². The van der Waals surface area contributed by atoms with E-state index in [4.69, 9.17) is 14.4 Å². The third-order valence-corrected chi connectivity index (χ3v) is 11.3. The fraction of sp³-hybridized carbons (Fsp3) is 0. The van der Waals surface area contributed by atoms with Gasteiger partial charge in [-0.25, -0.2) is 9.97 Å². The lowest BCUT2D eigenvalue weighted by molar-refractivity contribution is 0.653. The van der Waals surface area contributed by atoms with Gasteiger partial charge in [-0.05, 0) is 88.6 Å². The molecule has 0 spiro atoms. The van der Waals surface area contributed by atoms with Gasteiger partial charge in [0.1, 0.15) is 16.8 Å². The second-order valence-corrected chi connectivity index (χ2v) is 14.5. The van der Waals surface area contributed by atoms with Gasteiger partial charge in [0.25, 0.3) is 0 Å². The molecule has 0 aliphatic rings. The summed E-state index contributed by atoms with van der Waals surface area (Å²) in [5, 5.41) is 17.4. The first-order chi connectivity index (χ1) is 28.2. The van der Waals surface area contributed by atoms with Crippen molar-refractivity contribution in [1.29, 1.82) is 5.26 Å². The summed E-state index contributed by atoms with van der Waals surface area (Å²) in [4.78, 5) is 11.0. The maximum absolute atomic E-state index is 9.56. The molecule has 0 aliphatic carbocycles. The molecule has 0 saturated heterocycles. The lowest BCUT2D eigenvalue weighted by Gasteiger charge is -2.13. The Morgan fingerprint density at radius 3 is 1.93 bits per heavy atom. The Morgan fingerprint density at radius 1 is 0.456 bits per heavy atom. The van der Waals surface area contributed by atoms with Gasteiger partial charge in [0.2, 0.25) is 5.71 Å². The van der Waals surface area contributed by atoms with Crippen LogP contribution in [0.3, 0.4) is 0 Å². The van der Waals surface area contributed by atoms with E-state index in [1.54, 1.807) is 0 Å². The third-order valence-electron chi connectivity index (χ3n) is 11.3. The average Bonchev–Trinajstić information content (AvgIpc) is 3.91. The number of nitrogens with zero attached hydrogens (tertiary/aromatic N) is 5. The number of benzene rings is 8. The first-order valence-corrected chi connectivity index (χ1v) is 19.0. The van der Waals surface area contributed by atoms with Gasteiger partial charge in [-0.15, -0.1) is 0 Å². The van der Waals surface area contributed by atoms with Crippen LogP contribution in [0.1, 0.15) is 5.56 Å². The van der Waals surface area contributed by atoms with Gasteiger partial charge in [-0.3, -0.25) is 4.57 Å². The van der Waals surface area contributed by atoms with Crippen molar-refractivity contribution in [2.24, 2.45) is 0 Å². The number of hydrogen-bond donors (Lipinski definition) is 0. The molecule has 0 amide bonds. The molecule has 0 atom stereocenters. The third kappa shape index (κ3) is 4.70. The van der Waals surface area contributed by atoms with E-state index in [0.29, 0.717) is 28.1 Å². The van der Waals surface area contributed by atoms with E-state index in [0.717, 1.165) is 77.2 Å². The van der Waals surface area contributed by atoms with Gasteiger partial charge < -0.3 is 8.98 Å². The summed E-state index contributed by atoms with van der Waals surface area (Å²) in [5.41, 5.74) is 11.4. The molecule has 4 heterocycles. The van der Waals surface area contributed by atoms with E-state index >= 15 is 0 Å². The van der Waals surface area contributed by atoms with Crippen LogP contribution in [0.4, 0.5) is 0 Å². The van der Waals surface area contributed by atoms with Crippen molar-refractivity contribution in [1.82, 2.24) is 19.1 Å². The standard InChI is InChI=1S/C51H29N5O/c52-30-31-11-10-14-32(25-31)35-21-24-41-47(29-35)57-51-49(41)53-50(56-44-20-9-7-18-39(44)42-26-33-12-4-5-13-34(33)27-46(42)56)48(54-51)36-22-23-40-38-17-6-8-19-43(38)55(45(40)28-36)37-15-2-1-3-16-37/h1-29H. The van der Waals surface area contributed by atoms with Gasteiger partial charge in [-0.1, -0.05) is 109 Å². The van der Waals surface area contributed by atoms with Crippen LogP contribution in [0.15, 0.2) is 180 Å². The predicted molar refractivity (Wildman–Crippen MR) is 231 cm³/mol. The molecule has 57 heavy (non-hydrogen) atoms. The number of furan rings is 1. The monoisotopic (exact) mass is 727 g/mol. The predicted octanol–water partition coefficient (Wildman–Crippen LogP) is 12.9. The Hall–Kier alpha value is -8.01. The van der Waals surface area contributed by atoms with Crippen LogP contribution in [0.5, 0.6) is 0 Å². The van der Waals surface area contributed by atoms with Crippen LogP contribution in [0.2, 0.25) is 0 Å². The molecule has 0 N–H and O–H groups in total. The number of rotatable bonds is 4. The Morgan fingerprint density at radius 2 is 1.11 bits per heavy atom. The van der Waals surface area contributed by atoms with Gasteiger partial charge in [0, 0.05) is 38.2 Å². The molecule has 6 heteroatoms. The van der Waals surface area contributed by atoms with Crippen LogP contribution < -0.4 is 0 Å². The molecule has 12 rings (SSSR count). The molecule has 0 unspecified atom stereocenters. The van der Waals surface area contributed by atoms with Crippen LogP contribution >= 0.6 is 0 Å². The topological polar surface area (TPSA) is 72.6 Å². The van der Waals surface area contributed by atoms with Gasteiger partial charge in [0.15, 0.2) is 5.82 Å². The van der Waals surface area contributed by atoms with Crippen LogP contribution in [-0.2, 0) is 0 Å². The van der Waals surface area contributed by atoms with Crippen LogP contribution in [0, 0.1) is 11.3 Å². The SMILES string of the molecule is N#Cc1cccc(-c2ccc3c(c2)oc2nc(-c4ccc5c6ccccc6n(-c6ccccc6)c5c4)c(-n4c5ccccc5c5cc6ccccc6cc54)nc23)c1. The number of hydrogen-bond acceptors (Lipinski definition) is 4. The minimum Gasteiger partial charge on any atom is -0.436 e. The van der Waals surface area contributed by atoms with Crippen molar-refractivity contribution in [2.45, 2.75) is 0 Å². The van der Waals surface area contributed by atoms with Crippen molar-refractivity contribution in [3.05, 3.63) is 181 Å². The normalized spacial score (nSPS) is 11.8. The number of para-hydroxylation sites is 3. The van der Waals surface area contributed by atoms with Crippen molar-refractivity contribution in [3.63, 3.8) is 0 Å². The second-order valence-electron chi connectivity index (χ2n) is 14.5. The van der Waals surface area contributed by atoms with E-state index < -0.39 is 0 Å². The Kier molecular flexibility index (Phi) is 6.60. The smallest absolute Gasteiger partial charge is 0.247 e. The fourth-order valence-corrected chi connectivity index (χ4v) is 8.72. The zero-order valence-corrected chi connectivity index (χ0v) is 30.4. The molecular formula is C51H29N5O. The van der Waals surface area contributed by atoms with Gasteiger partial charge >= 0.3 is 0 Å². The molecule has 0 radical (unpaired) electrons. The van der Waals surface area contributed by atoms with Gasteiger partial charge in [-0.2, -0.15) is 5.26 Å². The second kappa shape index (κ2) is 12.0. The molecule has 264 valence electrons. The van der Waals surface area contributed by atoms with Crippen molar-refractivity contribution in [3.8, 4) is 40.0 Å². The van der Waals surface area contributed by atoms with Crippen molar-refractivity contribution in [2.75, 3.05) is 0 Å². The molecule has 0 fully saturated rings. The van der Waals surface area contributed by atoms with E-state index in [1.807, 2.05) is 30.3 Å². The zero-order chi connectivity index (χ0) is 37.6. The number of nitriles is 1. The van der Waals surface area contributed by atoms with E-state index in [1.165, 1.54) is 10.8 Å².